The number of carbonyl (C=O) groups excluding carboxylic acids is 1. The van der Waals surface area contributed by atoms with Crippen LogP contribution in [0, 0.1) is 17.2 Å². The van der Waals surface area contributed by atoms with Gasteiger partial charge in [0, 0.05) is 11.7 Å². The monoisotopic (exact) mass is 266 g/mol. The van der Waals surface area contributed by atoms with E-state index in [1.54, 1.807) is 30.0 Å². The van der Waals surface area contributed by atoms with Gasteiger partial charge in [-0.2, -0.15) is 17.0 Å². The Morgan fingerprint density at radius 2 is 2.41 bits per heavy atom. The van der Waals surface area contributed by atoms with Crippen molar-refractivity contribution >= 4 is 35.0 Å². The highest BCUT2D eigenvalue weighted by Gasteiger charge is 2.23. The Labute approximate surface area is 109 Å². The van der Waals surface area contributed by atoms with Gasteiger partial charge in [0.15, 0.2) is 0 Å². The Morgan fingerprint density at radius 1 is 1.59 bits per heavy atom. The molecule has 1 unspecified atom stereocenters. The van der Waals surface area contributed by atoms with Gasteiger partial charge in [0.1, 0.15) is 0 Å². The molecule has 1 aromatic carbocycles. The van der Waals surface area contributed by atoms with Gasteiger partial charge >= 0.3 is 0 Å². The standard InChI is InChI=1S/C12H11ClN2OS/c13-10-5-8(6-14)1-2-11(10)15-12(16)9-3-4-17-7-9/h1-2,5,9H,3-4,7H2,(H,15,16). The maximum absolute atomic E-state index is 11.9. The van der Waals surface area contributed by atoms with Crippen LogP contribution in [0.1, 0.15) is 12.0 Å². The van der Waals surface area contributed by atoms with Gasteiger partial charge in [0.05, 0.1) is 22.3 Å². The van der Waals surface area contributed by atoms with Crippen molar-refractivity contribution in [3.63, 3.8) is 0 Å². The molecule has 5 heteroatoms. The molecule has 3 nitrogen and oxygen atoms in total. The third-order valence-corrected chi connectivity index (χ3v) is 4.13. The lowest BCUT2D eigenvalue weighted by atomic mass is 10.1. The lowest BCUT2D eigenvalue weighted by molar-refractivity contribution is -0.119. The molecule has 0 aromatic heterocycles. The van der Waals surface area contributed by atoms with Crippen molar-refractivity contribution in [1.82, 2.24) is 0 Å². The Balaban J connectivity index is 2.08. The zero-order valence-electron chi connectivity index (χ0n) is 9.07. The summed E-state index contributed by atoms with van der Waals surface area (Å²) >= 11 is 7.78. The van der Waals surface area contributed by atoms with Crippen molar-refractivity contribution in [3.8, 4) is 6.07 Å². The van der Waals surface area contributed by atoms with Gasteiger partial charge in [0.25, 0.3) is 0 Å². The van der Waals surface area contributed by atoms with E-state index < -0.39 is 0 Å². The van der Waals surface area contributed by atoms with Crippen LogP contribution in [0.25, 0.3) is 0 Å². The highest BCUT2D eigenvalue weighted by Crippen LogP contribution is 2.27. The number of benzene rings is 1. The fourth-order valence-corrected chi connectivity index (χ4v) is 3.11. The number of nitrogens with one attached hydrogen (secondary N) is 1. The first-order chi connectivity index (χ1) is 8.20. The molecule has 1 saturated heterocycles. The normalized spacial score (nSPS) is 18.7. The molecule has 1 aliphatic heterocycles. The number of nitrogens with zero attached hydrogens (tertiary/aromatic N) is 1. The van der Waals surface area contributed by atoms with Crippen molar-refractivity contribution in [2.75, 3.05) is 16.8 Å². The molecule has 1 N–H and O–H groups in total. The smallest absolute Gasteiger partial charge is 0.228 e. The van der Waals surface area contributed by atoms with Crippen LogP contribution in [0.5, 0.6) is 0 Å². The van der Waals surface area contributed by atoms with Crippen molar-refractivity contribution in [3.05, 3.63) is 28.8 Å². The number of anilines is 1. The number of amides is 1. The molecule has 0 radical (unpaired) electrons. The van der Waals surface area contributed by atoms with Crippen LogP contribution >= 0.6 is 23.4 Å². The number of carbonyl (C=O) groups is 1. The molecule has 2 rings (SSSR count). The first kappa shape index (κ1) is 12.3. The zero-order chi connectivity index (χ0) is 12.3. The fraction of sp³-hybridized carbons (Fsp3) is 0.333. The lowest BCUT2D eigenvalue weighted by Gasteiger charge is -2.11. The maximum Gasteiger partial charge on any atom is 0.228 e. The summed E-state index contributed by atoms with van der Waals surface area (Å²) in [4.78, 5) is 11.9. The molecule has 1 heterocycles. The molecule has 0 bridgehead atoms. The molecule has 88 valence electrons. The Hall–Kier alpha value is -1.18. The number of thioether (sulfide) groups is 1. The molecular weight excluding hydrogens is 256 g/mol. The minimum Gasteiger partial charge on any atom is -0.324 e. The number of hydrogen-bond acceptors (Lipinski definition) is 3. The molecule has 17 heavy (non-hydrogen) atoms. The minimum absolute atomic E-state index is 0.0154. The number of halogens is 1. The van der Waals surface area contributed by atoms with Gasteiger partial charge in [-0.05, 0) is 30.4 Å². The van der Waals surface area contributed by atoms with Crippen LogP contribution in [0.4, 0.5) is 5.69 Å². The summed E-state index contributed by atoms with van der Waals surface area (Å²) in [5, 5.41) is 11.9. The van der Waals surface area contributed by atoms with Crippen molar-refractivity contribution in [1.29, 1.82) is 5.26 Å². The van der Waals surface area contributed by atoms with E-state index in [9.17, 15) is 4.79 Å². The van der Waals surface area contributed by atoms with Gasteiger partial charge in [-0.1, -0.05) is 11.6 Å². The van der Waals surface area contributed by atoms with E-state index in [0.717, 1.165) is 17.9 Å². The predicted molar refractivity (Wildman–Crippen MR) is 70.2 cm³/mol. The van der Waals surface area contributed by atoms with Crippen LogP contribution in [-0.4, -0.2) is 17.4 Å². The van der Waals surface area contributed by atoms with Gasteiger partial charge in [0.2, 0.25) is 5.91 Å². The van der Waals surface area contributed by atoms with Crippen molar-refractivity contribution in [2.45, 2.75) is 6.42 Å². The van der Waals surface area contributed by atoms with Gasteiger partial charge in [-0.25, -0.2) is 0 Å². The Bertz CT molecular complexity index is 478. The largest absolute Gasteiger partial charge is 0.324 e. The van der Waals surface area contributed by atoms with E-state index in [-0.39, 0.29) is 11.8 Å². The average Bonchev–Trinajstić information content (AvgIpc) is 2.85. The van der Waals surface area contributed by atoms with E-state index in [2.05, 4.69) is 5.32 Å². The summed E-state index contributed by atoms with van der Waals surface area (Å²) in [6.07, 6.45) is 0.921. The van der Waals surface area contributed by atoms with Crippen LogP contribution < -0.4 is 5.32 Å². The topological polar surface area (TPSA) is 52.9 Å². The van der Waals surface area contributed by atoms with Gasteiger partial charge in [-0.15, -0.1) is 0 Å². The average molecular weight is 267 g/mol. The van der Waals surface area contributed by atoms with Crippen LogP contribution in [-0.2, 0) is 4.79 Å². The molecule has 1 aliphatic rings. The molecule has 0 spiro atoms. The van der Waals surface area contributed by atoms with Gasteiger partial charge < -0.3 is 5.32 Å². The third-order valence-electron chi connectivity index (χ3n) is 2.66. The van der Waals surface area contributed by atoms with Crippen LogP contribution in [0.2, 0.25) is 5.02 Å². The number of nitriles is 1. The second kappa shape index (κ2) is 5.44. The second-order valence-corrected chi connectivity index (χ2v) is 5.41. The first-order valence-corrected chi connectivity index (χ1v) is 6.82. The van der Waals surface area contributed by atoms with Crippen molar-refractivity contribution in [2.24, 2.45) is 5.92 Å². The summed E-state index contributed by atoms with van der Waals surface area (Å²) in [6.45, 7) is 0. The second-order valence-electron chi connectivity index (χ2n) is 3.86. The SMILES string of the molecule is N#Cc1ccc(NC(=O)C2CCSC2)c(Cl)c1. The maximum atomic E-state index is 11.9. The fourth-order valence-electron chi connectivity index (χ4n) is 1.66. The Kier molecular flexibility index (Phi) is 3.93. The highest BCUT2D eigenvalue weighted by molar-refractivity contribution is 7.99. The summed E-state index contributed by atoms with van der Waals surface area (Å²) in [5.74, 6) is 2.01. The molecule has 1 amide bonds. The minimum atomic E-state index is 0.0154. The molecule has 0 aliphatic carbocycles. The molecule has 1 atom stereocenters. The van der Waals surface area contributed by atoms with Gasteiger partial charge in [-0.3, -0.25) is 4.79 Å². The van der Waals surface area contributed by atoms with E-state index in [0.29, 0.717) is 16.3 Å². The third kappa shape index (κ3) is 2.93. The summed E-state index contributed by atoms with van der Waals surface area (Å²) in [6, 6.07) is 6.87. The first-order valence-electron chi connectivity index (χ1n) is 5.29. The predicted octanol–water partition coefficient (Wildman–Crippen LogP) is 2.90. The Morgan fingerprint density at radius 3 is 3.00 bits per heavy atom. The van der Waals surface area contributed by atoms with E-state index in [4.69, 9.17) is 16.9 Å². The number of rotatable bonds is 2. The molecule has 1 fully saturated rings. The molecule has 0 saturated carbocycles. The van der Waals surface area contributed by atoms with E-state index in [1.807, 2.05) is 6.07 Å². The lowest BCUT2D eigenvalue weighted by Crippen LogP contribution is -2.22. The summed E-state index contributed by atoms with van der Waals surface area (Å²) in [7, 11) is 0. The van der Waals surface area contributed by atoms with Crippen LogP contribution in [0.15, 0.2) is 18.2 Å². The number of hydrogen-bond donors (Lipinski definition) is 1. The summed E-state index contributed by atoms with van der Waals surface area (Å²) in [5.41, 5.74) is 1.07. The molecular formula is C12H11ClN2OS. The quantitative estimate of drug-likeness (QED) is 0.895. The van der Waals surface area contributed by atoms with Crippen LogP contribution in [0.3, 0.4) is 0 Å². The van der Waals surface area contributed by atoms with E-state index in [1.165, 1.54) is 0 Å². The van der Waals surface area contributed by atoms with Crippen molar-refractivity contribution < 1.29 is 4.79 Å². The molecule has 1 aromatic rings. The zero-order valence-corrected chi connectivity index (χ0v) is 10.6. The summed E-state index contributed by atoms with van der Waals surface area (Å²) < 4.78 is 0. The van der Waals surface area contributed by atoms with E-state index >= 15 is 0 Å². The highest BCUT2D eigenvalue weighted by atomic mass is 35.5.